The van der Waals surface area contributed by atoms with E-state index in [0.29, 0.717) is 11.7 Å². The highest BCUT2D eigenvalue weighted by Gasteiger charge is 2.02. The van der Waals surface area contributed by atoms with E-state index in [1.807, 2.05) is 55.5 Å². The third-order valence-corrected chi connectivity index (χ3v) is 3.25. The zero-order valence-electron chi connectivity index (χ0n) is 12.7. The molecular formula is C19H20O2. The second kappa shape index (κ2) is 6.89. The highest BCUT2D eigenvalue weighted by molar-refractivity contribution is 5.88. The van der Waals surface area contributed by atoms with Crippen molar-refractivity contribution in [3.8, 4) is 5.75 Å². The van der Waals surface area contributed by atoms with Crippen molar-refractivity contribution in [3.63, 3.8) is 0 Å². The van der Waals surface area contributed by atoms with Crippen LogP contribution in [0.1, 0.15) is 36.5 Å². The van der Waals surface area contributed by atoms with Crippen molar-refractivity contribution in [2.75, 3.05) is 0 Å². The average Bonchev–Trinajstić information content (AvgIpc) is 2.47. The molecule has 2 nitrogen and oxygen atoms in total. The fourth-order valence-electron chi connectivity index (χ4n) is 1.91. The Kier molecular flexibility index (Phi) is 4.94. The topological polar surface area (TPSA) is 26.3 Å². The molecule has 0 radical (unpaired) electrons. The first-order valence-electron chi connectivity index (χ1n) is 7.11. The van der Waals surface area contributed by atoms with E-state index in [1.165, 1.54) is 17.2 Å². The second-order valence-corrected chi connectivity index (χ2v) is 5.39. The van der Waals surface area contributed by atoms with Crippen molar-refractivity contribution in [3.05, 3.63) is 71.3 Å². The van der Waals surface area contributed by atoms with E-state index in [9.17, 15) is 4.79 Å². The van der Waals surface area contributed by atoms with Gasteiger partial charge < -0.3 is 4.74 Å². The first-order chi connectivity index (χ1) is 10.0. The molecule has 0 aromatic heterocycles. The minimum atomic E-state index is -0.368. The molecule has 0 aliphatic heterocycles. The molecule has 0 N–H and O–H groups in total. The number of carbonyl (C=O) groups excluding carboxylic acids is 1. The number of benzene rings is 2. The molecule has 108 valence electrons. The largest absolute Gasteiger partial charge is 0.423 e. The normalized spacial score (nSPS) is 11.0. The van der Waals surface area contributed by atoms with Crippen molar-refractivity contribution in [1.29, 1.82) is 0 Å². The summed E-state index contributed by atoms with van der Waals surface area (Å²) >= 11 is 0. The summed E-state index contributed by atoms with van der Waals surface area (Å²) < 4.78 is 5.27. The third kappa shape index (κ3) is 4.60. The highest BCUT2D eigenvalue weighted by atomic mass is 16.5. The maximum Gasteiger partial charge on any atom is 0.336 e. The Morgan fingerprint density at radius 1 is 1.00 bits per heavy atom. The summed E-state index contributed by atoms with van der Waals surface area (Å²) in [5.41, 5.74) is 3.40. The van der Waals surface area contributed by atoms with Gasteiger partial charge in [0.1, 0.15) is 5.75 Å². The Morgan fingerprint density at radius 2 is 1.62 bits per heavy atom. The monoisotopic (exact) mass is 280 g/mol. The lowest BCUT2D eigenvalue weighted by Crippen LogP contribution is -2.03. The molecule has 0 spiro atoms. The van der Waals surface area contributed by atoms with E-state index >= 15 is 0 Å². The fourth-order valence-corrected chi connectivity index (χ4v) is 1.91. The van der Waals surface area contributed by atoms with Crippen LogP contribution >= 0.6 is 0 Å². The van der Waals surface area contributed by atoms with E-state index in [1.54, 1.807) is 6.08 Å². The van der Waals surface area contributed by atoms with Crippen molar-refractivity contribution < 1.29 is 9.53 Å². The standard InChI is InChI=1S/C19H20O2/c1-14(2)17-9-11-18(12-10-17)21-19(20)13-8-16-6-4-15(3)5-7-16/h4-14H,1-3H3. The molecule has 0 amide bonds. The van der Waals surface area contributed by atoms with Gasteiger partial charge in [0.2, 0.25) is 0 Å². The molecule has 0 bridgehead atoms. The third-order valence-electron chi connectivity index (χ3n) is 3.25. The summed E-state index contributed by atoms with van der Waals surface area (Å²) in [6.07, 6.45) is 3.20. The van der Waals surface area contributed by atoms with Crippen LogP contribution in [0.4, 0.5) is 0 Å². The van der Waals surface area contributed by atoms with Gasteiger partial charge in [-0.15, -0.1) is 0 Å². The highest BCUT2D eigenvalue weighted by Crippen LogP contribution is 2.18. The van der Waals surface area contributed by atoms with E-state index in [0.717, 1.165) is 5.56 Å². The van der Waals surface area contributed by atoms with Gasteiger partial charge in [-0.1, -0.05) is 55.8 Å². The predicted octanol–water partition coefficient (Wildman–Crippen LogP) is 4.74. The van der Waals surface area contributed by atoms with Crippen molar-refractivity contribution in [1.82, 2.24) is 0 Å². The Labute approximate surface area is 126 Å². The first kappa shape index (κ1) is 15.0. The van der Waals surface area contributed by atoms with Crippen LogP contribution in [0.15, 0.2) is 54.6 Å². The maximum atomic E-state index is 11.8. The van der Waals surface area contributed by atoms with Crippen LogP contribution in [0.5, 0.6) is 5.75 Å². The van der Waals surface area contributed by atoms with Crippen molar-refractivity contribution in [2.45, 2.75) is 26.7 Å². The molecule has 0 fully saturated rings. The van der Waals surface area contributed by atoms with Gasteiger partial charge >= 0.3 is 5.97 Å². The molecule has 2 aromatic carbocycles. The van der Waals surface area contributed by atoms with Gasteiger partial charge in [0.05, 0.1) is 0 Å². The van der Waals surface area contributed by atoms with Crippen LogP contribution in [0.3, 0.4) is 0 Å². The summed E-state index contributed by atoms with van der Waals surface area (Å²) in [5, 5.41) is 0. The molecule has 0 heterocycles. The Morgan fingerprint density at radius 3 is 2.19 bits per heavy atom. The fraction of sp³-hybridized carbons (Fsp3) is 0.211. The Bertz CT molecular complexity index is 620. The first-order valence-corrected chi connectivity index (χ1v) is 7.11. The van der Waals surface area contributed by atoms with Gasteiger partial charge in [-0.05, 0) is 42.2 Å². The Hall–Kier alpha value is -2.35. The lowest BCUT2D eigenvalue weighted by Gasteiger charge is -2.06. The number of rotatable bonds is 4. The predicted molar refractivity (Wildman–Crippen MR) is 86.4 cm³/mol. The van der Waals surface area contributed by atoms with Crippen LogP contribution in [0, 0.1) is 6.92 Å². The molecule has 0 saturated heterocycles. The molecule has 0 aliphatic carbocycles. The van der Waals surface area contributed by atoms with Gasteiger partial charge in [-0.25, -0.2) is 4.79 Å². The van der Waals surface area contributed by atoms with Crippen LogP contribution in [-0.4, -0.2) is 5.97 Å². The smallest absolute Gasteiger partial charge is 0.336 e. The zero-order chi connectivity index (χ0) is 15.2. The van der Waals surface area contributed by atoms with E-state index in [-0.39, 0.29) is 5.97 Å². The van der Waals surface area contributed by atoms with Crippen molar-refractivity contribution in [2.24, 2.45) is 0 Å². The minimum Gasteiger partial charge on any atom is -0.423 e. The molecular weight excluding hydrogens is 260 g/mol. The van der Waals surface area contributed by atoms with E-state index < -0.39 is 0 Å². The van der Waals surface area contributed by atoms with Gasteiger partial charge in [0.15, 0.2) is 0 Å². The molecule has 0 aliphatic rings. The molecule has 2 heteroatoms. The number of hydrogen-bond donors (Lipinski definition) is 0. The number of ether oxygens (including phenoxy) is 1. The number of esters is 1. The number of hydrogen-bond acceptors (Lipinski definition) is 2. The molecule has 2 rings (SSSR count). The van der Waals surface area contributed by atoms with Gasteiger partial charge in [-0.2, -0.15) is 0 Å². The zero-order valence-corrected chi connectivity index (χ0v) is 12.7. The quantitative estimate of drug-likeness (QED) is 0.459. The maximum absolute atomic E-state index is 11.8. The molecule has 21 heavy (non-hydrogen) atoms. The van der Waals surface area contributed by atoms with Gasteiger partial charge in [-0.3, -0.25) is 0 Å². The lowest BCUT2D eigenvalue weighted by molar-refractivity contribution is -0.128. The minimum absolute atomic E-state index is 0.368. The molecule has 2 aromatic rings. The van der Waals surface area contributed by atoms with Crippen LogP contribution in [-0.2, 0) is 4.79 Å². The van der Waals surface area contributed by atoms with Crippen LogP contribution < -0.4 is 4.74 Å². The summed E-state index contributed by atoms with van der Waals surface area (Å²) in [5.74, 6) is 0.669. The summed E-state index contributed by atoms with van der Waals surface area (Å²) in [6.45, 7) is 6.29. The van der Waals surface area contributed by atoms with Crippen molar-refractivity contribution >= 4 is 12.0 Å². The number of aryl methyl sites for hydroxylation is 1. The molecule has 0 atom stereocenters. The van der Waals surface area contributed by atoms with Gasteiger partial charge in [0.25, 0.3) is 0 Å². The molecule has 0 saturated carbocycles. The second-order valence-electron chi connectivity index (χ2n) is 5.39. The van der Waals surface area contributed by atoms with Crippen LogP contribution in [0.2, 0.25) is 0 Å². The molecule has 0 unspecified atom stereocenters. The van der Waals surface area contributed by atoms with Gasteiger partial charge in [0, 0.05) is 6.08 Å². The summed E-state index contributed by atoms with van der Waals surface area (Å²) in [4.78, 5) is 11.8. The Balaban J connectivity index is 1.96. The lowest BCUT2D eigenvalue weighted by atomic mass is 10.0. The van der Waals surface area contributed by atoms with E-state index in [2.05, 4.69) is 13.8 Å². The SMILES string of the molecule is Cc1ccc(C=CC(=O)Oc2ccc(C(C)C)cc2)cc1. The summed E-state index contributed by atoms with van der Waals surface area (Å²) in [7, 11) is 0. The average molecular weight is 280 g/mol. The van der Waals surface area contributed by atoms with E-state index in [4.69, 9.17) is 4.74 Å². The van der Waals surface area contributed by atoms with Crippen LogP contribution in [0.25, 0.3) is 6.08 Å². The summed E-state index contributed by atoms with van der Waals surface area (Å²) in [6, 6.07) is 15.6. The number of carbonyl (C=O) groups is 1.